The van der Waals surface area contributed by atoms with Gasteiger partial charge >= 0.3 is 0 Å². The van der Waals surface area contributed by atoms with Gasteiger partial charge in [-0.3, -0.25) is 9.59 Å². The summed E-state index contributed by atoms with van der Waals surface area (Å²) in [6.45, 7) is 0. The third kappa shape index (κ3) is 3.40. The molecule has 1 aliphatic carbocycles. The highest BCUT2D eigenvalue weighted by Crippen LogP contribution is 2.39. The summed E-state index contributed by atoms with van der Waals surface area (Å²) in [5, 5.41) is 3.24. The normalized spacial score (nSPS) is 12.2. The van der Waals surface area contributed by atoms with Crippen LogP contribution in [-0.2, 0) is 0 Å². The van der Waals surface area contributed by atoms with E-state index < -0.39 is 0 Å². The van der Waals surface area contributed by atoms with Crippen molar-refractivity contribution in [2.75, 3.05) is 11.1 Å². The molecule has 156 valence electrons. The molecule has 0 saturated carbocycles. The molecule has 1 aliphatic rings. The van der Waals surface area contributed by atoms with E-state index in [1.807, 2.05) is 54.6 Å². The molecule has 0 heterocycles. The van der Waals surface area contributed by atoms with Gasteiger partial charge in [-0.25, -0.2) is 0 Å². The van der Waals surface area contributed by atoms with Gasteiger partial charge in [0.1, 0.15) is 11.5 Å². The Morgan fingerprint density at radius 1 is 0.719 bits per heavy atom. The van der Waals surface area contributed by atoms with Gasteiger partial charge in [0.2, 0.25) is 0 Å². The fourth-order valence-corrected chi connectivity index (χ4v) is 4.03. The van der Waals surface area contributed by atoms with Gasteiger partial charge in [0.15, 0.2) is 11.6 Å². The van der Waals surface area contributed by atoms with E-state index in [-0.39, 0.29) is 28.4 Å². The summed E-state index contributed by atoms with van der Waals surface area (Å²) in [6.07, 6.45) is 0. The minimum Gasteiger partial charge on any atom is -0.457 e. The number of nitrogen functional groups attached to an aromatic ring is 1. The van der Waals surface area contributed by atoms with Crippen molar-refractivity contribution in [1.29, 1.82) is 0 Å². The summed E-state index contributed by atoms with van der Waals surface area (Å²) >= 11 is 4.43. The number of benzene rings is 4. The number of carbonyl (C=O) groups excluding carboxylic acids is 2. The fraction of sp³-hybridized carbons (Fsp3) is 0. The number of thiol groups is 1. The van der Waals surface area contributed by atoms with Crippen LogP contribution < -0.4 is 15.8 Å². The van der Waals surface area contributed by atoms with E-state index in [1.54, 1.807) is 30.3 Å². The van der Waals surface area contributed by atoms with Gasteiger partial charge in [-0.1, -0.05) is 42.5 Å². The number of hydrogen-bond acceptors (Lipinski definition) is 6. The molecular formula is C26H18N2O3S. The number of fused-ring (bicyclic) bond motifs is 2. The van der Waals surface area contributed by atoms with Crippen LogP contribution in [0.25, 0.3) is 0 Å². The van der Waals surface area contributed by atoms with Gasteiger partial charge in [0.05, 0.1) is 22.5 Å². The van der Waals surface area contributed by atoms with Crippen molar-refractivity contribution in [2.45, 2.75) is 4.90 Å². The molecule has 5 nitrogen and oxygen atoms in total. The number of carbonyl (C=O) groups is 2. The smallest absolute Gasteiger partial charge is 0.196 e. The first-order valence-electron chi connectivity index (χ1n) is 9.97. The molecule has 0 atom stereocenters. The molecule has 32 heavy (non-hydrogen) atoms. The summed E-state index contributed by atoms with van der Waals surface area (Å²) in [4.78, 5) is 26.9. The second kappa shape index (κ2) is 7.90. The monoisotopic (exact) mass is 438 g/mol. The molecule has 3 N–H and O–H groups in total. The Balaban J connectivity index is 1.51. The van der Waals surface area contributed by atoms with Gasteiger partial charge in [-0.2, -0.15) is 0 Å². The highest BCUT2D eigenvalue weighted by atomic mass is 32.1. The van der Waals surface area contributed by atoms with Crippen LogP contribution in [0.3, 0.4) is 0 Å². The Morgan fingerprint density at radius 2 is 1.28 bits per heavy atom. The third-order valence-corrected chi connectivity index (χ3v) is 5.70. The minimum absolute atomic E-state index is 0.188. The molecule has 0 spiro atoms. The Labute approximate surface area is 190 Å². The van der Waals surface area contributed by atoms with Crippen molar-refractivity contribution in [3.8, 4) is 11.5 Å². The van der Waals surface area contributed by atoms with Crippen LogP contribution in [0.5, 0.6) is 11.5 Å². The lowest BCUT2D eigenvalue weighted by Gasteiger charge is -2.23. The number of ketones is 2. The average molecular weight is 439 g/mol. The van der Waals surface area contributed by atoms with Gasteiger partial charge in [-0.05, 0) is 42.5 Å². The molecule has 4 aromatic rings. The number of ether oxygens (including phenoxy) is 1. The second-order valence-electron chi connectivity index (χ2n) is 7.38. The zero-order valence-corrected chi connectivity index (χ0v) is 17.7. The quantitative estimate of drug-likeness (QED) is 0.242. The lowest BCUT2D eigenvalue weighted by molar-refractivity contribution is 0.0980. The SMILES string of the molecule is Nc1c(S)cc(Nc2ccc(Oc3ccccc3)cc2)c2c1C(=O)c1ccccc1C2=O. The Bertz CT molecular complexity index is 1370. The lowest BCUT2D eigenvalue weighted by atomic mass is 9.82. The zero-order chi connectivity index (χ0) is 22.2. The molecule has 0 aromatic heterocycles. The number of nitrogens with two attached hydrogens (primary N) is 1. The highest BCUT2D eigenvalue weighted by Gasteiger charge is 2.34. The molecule has 0 unspecified atom stereocenters. The number of nitrogens with one attached hydrogen (secondary N) is 1. The van der Waals surface area contributed by atoms with Crippen molar-refractivity contribution in [2.24, 2.45) is 0 Å². The number of anilines is 3. The van der Waals surface area contributed by atoms with Gasteiger partial charge < -0.3 is 15.8 Å². The standard InChI is InChI=1S/C26H18N2O3S/c27-24-21(32)14-20(22-23(24)26(30)19-9-5-4-8-18(19)25(22)29)28-15-10-12-17(13-11-15)31-16-6-2-1-3-7-16/h1-14,28,32H,27H2. The predicted octanol–water partition coefficient (Wildman–Crippen LogP) is 5.87. The second-order valence-corrected chi connectivity index (χ2v) is 7.86. The minimum atomic E-state index is -0.279. The van der Waals surface area contributed by atoms with Crippen molar-refractivity contribution >= 4 is 41.3 Å². The molecule has 5 rings (SSSR count). The first-order valence-corrected chi connectivity index (χ1v) is 10.4. The zero-order valence-electron chi connectivity index (χ0n) is 16.8. The van der Waals surface area contributed by atoms with E-state index in [2.05, 4.69) is 17.9 Å². The molecule has 4 aromatic carbocycles. The van der Waals surface area contributed by atoms with Crippen LogP contribution in [-0.4, -0.2) is 11.6 Å². The first-order chi connectivity index (χ1) is 15.5. The average Bonchev–Trinajstić information content (AvgIpc) is 2.81. The molecule has 0 bridgehead atoms. The van der Waals surface area contributed by atoms with E-state index in [0.29, 0.717) is 27.5 Å². The van der Waals surface area contributed by atoms with E-state index in [0.717, 1.165) is 11.4 Å². The van der Waals surface area contributed by atoms with Crippen molar-refractivity contribution in [1.82, 2.24) is 0 Å². The van der Waals surface area contributed by atoms with Crippen LogP contribution >= 0.6 is 12.6 Å². The Kier molecular flexibility index (Phi) is 4.92. The van der Waals surface area contributed by atoms with Gasteiger partial charge in [0, 0.05) is 21.7 Å². The van der Waals surface area contributed by atoms with Crippen LogP contribution in [0.4, 0.5) is 17.1 Å². The Hall–Kier alpha value is -4.03. The van der Waals surface area contributed by atoms with Crippen LogP contribution in [0.2, 0.25) is 0 Å². The molecule has 6 heteroatoms. The molecule has 0 amide bonds. The van der Waals surface area contributed by atoms with Crippen LogP contribution in [0.1, 0.15) is 31.8 Å². The molecule has 0 aliphatic heterocycles. The molecule has 0 fully saturated rings. The summed E-state index contributed by atoms with van der Waals surface area (Å²) in [5.41, 5.74) is 8.74. The summed E-state index contributed by atoms with van der Waals surface area (Å²) in [5.74, 6) is 0.888. The predicted molar refractivity (Wildman–Crippen MR) is 128 cm³/mol. The largest absolute Gasteiger partial charge is 0.457 e. The van der Waals surface area contributed by atoms with E-state index >= 15 is 0 Å². The van der Waals surface area contributed by atoms with E-state index in [9.17, 15) is 9.59 Å². The van der Waals surface area contributed by atoms with Crippen LogP contribution in [0, 0.1) is 0 Å². The summed E-state index contributed by atoms with van der Waals surface area (Å²) < 4.78 is 5.82. The lowest BCUT2D eigenvalue weighted by Crippen LogP contribution is -2.24. The van der Waals surface area contributed by atoms with E-state index in [4.69, 9.17) is 10.5 Å². The Morgan fingerprint density at radius 3 is 1.94 bits per heavy atom. The van der Waals surface area contributed by atoms with Crippen molar-refractivity contribution in [3.63, 3.8) is 0 Å². The number of hydrogen-bond donors (Lipinski definition) is 3. The van der Waals surface area contributed by atoms with Gasteiger partial charge in [0.25, 0.3) is 0 Å². The number of para-hydroxylation sites is 1. The fourth-order valence-electron chi connectivity index (χ4n) is 3.79. The number of rotatable bonds is 4. The van der Waals surface area contributed by atoms with Crippen molar-refractivity contribution in [3.05, 3.63) is 107 Å². The maximum atomic E-state index is 13.3. The highest BCUT2D eigenvalue weighted by molar-refractivity contribution is 7.80. The summed E-state index contributed by atoms with van der Waals surface area (Å²) in [7, 11) is 0. The van der Waals surface area contributed by atoms with Crippen LogP contribution in [0.15, 0.2) is 89.8 Å². The van der Waals surface area contributed by atoms with Gasteiger partial charge in [-0.15, -0.1) is 12.6 Å². The molecular weight excluding hydrogens is 420 g/mol. The topological polar surface area (TPSA) is 81.4 Å². The maximum absolute atomic E-state index is 13.3. The van der Waals surface area contributed by atoms with E-state index in [1.165, 1.54) is 0 Å². The third-order valence-electron chi connectivity index (χ3n) is 5.33. The molecule has 0 saturated heterocycles. The maximum Gasteiger partial charge on any atom is 0.196 e. The molecule has 0 radical (unpaired) electrons. The summed E-state index contributed by atoms with van der Waals surface area (Å²) in [6, 6.07) is 25.2. The van der Waals surface area contributed by atoms with Crippen molar-refractivity contribution < 1.29 is 14.3 Å². The first kappa shape index (κ1) is 19.9.